The Hall–Kier alpha value is -1.06. The van der Waals surface area contributed by atoms with E-state index in [-0.39, 0.29) is 12.4 Å². The molecule has 17 heavy (non-hydrogen) atoms. The average Bonchev–Trinajstić information content (AvgIpc) is 2.30. The van der Waals surface area contributed by atoms with Gasteiger partial charge in [0.25, 0.3) is 0 Å². The number of benzene rings is 2. The zero-order chi connectivity index (χ0) is 12.3. The van der Waals surface area contributed by atoms with Gasteiger partial charge in [0.05, 0.1) is 0 Å². The fraction of sp³-hybridized carbons (Fsp3) is 0.0769. The molecule has 88 valence electrons. The first-order chi connectivity index (χ1) is 8.15. The van der Waals surface area contributed by atoms with Crippen LogP contribution in [-0.4, -0.2) is 0 Å². The Bertz CT molecular complexity index is 531. The van der Waals surface area contributed by atoms with Gasteiger partial charge in [0, 0.05) is 15.1 Å². The highest BCUT2D eigenvalue weighted by Crippen LogP contribution is 2.22. The predicted molar refractivity (Wildman–Crippen MR) is 69.9 cm³/mol. The minimum absolute atomic E-state index is 0.243. The smallest absolute Gasteiger partial charge is 0.123 e. The molecule has 0 bridgehead atoms. The maximum atomic E-state index is 13.0. The summed E-state index contributed by atoms with van der Waals surface area (Å²) < 4.78 is 19.5. The molecule has 2 rings (SSSR count). The van der Waals surface area contributed by atoms with Gasteiger partial charge in [-0.1, -0.05) is 33.6 Å². The molecule has 0 atom stereocenters. The summed E-state index contributed by atoms with van der Waals surface area (Å²) in [5, 5.41) is 0.501. The van der Waals surface area contributed by atoms with E-state index in [2.05, 4.69) is 15.9 Å². The van der Waals surface area contributed by atoms with Crippen LogP contribution in [0.15, 0.2) is 46.9 Å². The number of hydrogen-bond donors (Lipinski definition) is 0. The maximum Gasteiger partial charge on any atom is 0.123 e. The minimum Gasteiger partial charge on any atom is -0.489 e. The Morgan fingerprint density at radius 1 is 1.18 bits per heavy atom. The van der Waals surface area contributed by atoms with Crippen LogP contribution in [0.2, 0.25) is 5.02 Å². The first-order valence-corrected chi connectivity index (χ1v) is 6.14. The minimum atomic E-state index is -0.317. The molecule has 0 aromatic heterocycles. The highest BCUT2D eigenvalue weighted by atomic mass is 79.9. The Labute approximate surface area is 112 Å². The van der Waals surface area contributed by atoms with Crippen molar-refractivity contribution in [2.45, 2.75) is 6.61 Å². The second-order valence-electron chi connectivity index (χ2n) is 3.48. The van der Waals surface area contributed by atoms with Crippen molar-refractivity contribution in [3.05, 3.63) is 63.3 Å². The van der Waals surface area contributed by atoms with Gasteiger partial charge in [-0.2, -0.15) is 0 Å². The zero-order valence-electron chi connectivity index (χ0n) is 8.79. The molecule has 0 saturated heterocycles. The molecule has 0 radical (unpaired) electrons. The van der Waals surface area contributed by atoms with Gasteiger partial charge < -0.3 is 4.74 Å². The lowest BCUT2D eigenvalue weighted by molar-refractivity contribution is 0.305. The largest absolute Gasteiger partial charge is 0.489 e. The molecule has 0 N–H and O–H groups in total. The lowest BCUT2D eigenvalue weighted by Crippen LogP contribution is -1.97. The van der Waals surface area contributed by atoms with Gasteiger partial charge >= 0.3 is 0 Å². The topological polar surface area (TPSA) is 9.23 Å². The van der Waals surface area contributed by atoms with Gasteiger partial charge in [0.2, 0.25) is 0 Å². The van der Waals surface area contributed by atoms with E-state index >= 15 is 0 Å². The second kappa shape index (κ2) is 5.52. The van der Waals surface area contributed by atoms with Crippen LogP contribution in [0.5, 0.6) is 5.75 Å². The summed E-state index contributed by atoms with van der Waals surface area (Å²) in [7, 11) is 0. The van der Waals surface area contributed by atoms with Crippen LogP contribution in [0.4, 0.5) is 4.39 Å². The molecule has 0 fully saturated rings. The molecule has 4 heteroatoms. The van der Waals surface area contributed by atoms with Crippen molar-refractivity contribution < 1.29 is 9.13 Å². The van der Waals surface area contributed by atoms with Crippen LogP contribution in [0.1, 0.15) is 5.56 Å². The van der Waals surface area contributed by atoms with Crippen molar-refractivity contribution in [2.75, 3.05) is 0 Å². The third kappa shape index (κ3) is 3.45. The summed E-state index contributed by atoms with van der Waals surface area (Å²) in [4.78, 5) is 0. The van der Waals surface area contributed by atoms with Crippen LogP contribution in [-0.2, 0) is 6.61 Å². The molecule has 0 unspecified atom stereocenters. The molecule has 0 spiro atoms. The van der Waals surface area contributed by atoms with Crippen LogP contribution in [0, 0.1) is 5.82 Å². The molecule has 1 nitrogen and oxygen atoms in total. The van der Waals surface area contributed by atoms with Crippen molar-refractivity contribution >= 4 is 27.5 Å². The molecule has 0 aliphatic heterocycles. The first kappa shape index (κ1) is 12.4. The fourth-order valence-corrected chi connectivity index (χ4v) is 1.92. The molecular weight excluding hydrogens is 306 g/mol. The number of hydrogen-bond acceptors (Lipinski definition) is 1. The van der Waals surface area contributed by atoms with Gasteiger partial charge in [-0.15, -0.1) is 0 Å². The van der Waals surface area contributed by atoms with E-state index in [9.17, 15) is 4.39 Å². The Morgan fingerprint density at radius 2 is 2.00 bits per heavy atom. The van der Waals surface area contributed by atoms with Gasteiger partial charge in [0.1, 0.15) is 18.2 Å². The summed E-state index contributed by atoms with van der Waals surface area (Å²) in [6.07, 6.45) is 0. The highest BCUT2D eigenvalue weighted by molar-refractivity contribution is 9.10. The molecule has 2 aromatic carbocycles. The summed E-state index contributed by atoms with van der Waals surface area (Å²) >= 11 is 9.29. The van der Waals surface area contributed by atoms with Crippen molar-refractivity contribution in [1.82, 2.24) is 0 Å². The predicted octanol–water partition coefficient (Wildman–Crippen LogP) is 4.82. The Balaban J connectivity index is 2.09. The molecule has 0 saturated carbocycles. The van der Waals surface area contributed by atoms with E-state index in [0.29, 0.717) is 16.3 Å². The normalized spacial score (nSPS) is 10.3. The van der Waals surface area contributed by atoms with E-state index < -0.39 is 0 Å². The van der Waals surface area contributed by atoms with Crippen LogP contribution in [0.25, 0.3) is 0 Å². The molecule has 0 heterocycles. The van der Waals surface area contributed by atoms with E-state index in [0.717, 1.165) is 4.47 Å². The van der Waals surface area contributed by atoms with Crippen LogP contribution < -0.4 is 4.74 Å². The average molecular weight is 316 g/mol. The lowest BCUT2D eigenvalue weighted by Gasteiger charge is -2.08. The molecular formula is C13H9BrClFO. The summed E-state index contributed by atoms with van der Waals surface area (Å²) in [5.41, 5.74) is 0.631. The zero-order valence-corrected chi connectivity index (χ0v) is 11.1. The third-order valence-electron chi connectivity index (χ3n) is 2.20. The number of rotatable bonds is 3. The van der Waals surface area contributed by atoms with E-state index in [4.69, 9.17) is 16.3 Å². The quantitative estimate of drug-likeness (QED) is 0.789. The maximum absolute atomic E-state index is 13.0. The van der Waals surface area contributed by atoms with Crippen molar-refractivity contribution in [2.24, 2.45) is 0 Å². The first-order valence-electron chi connectivity index (χ1n) is 4.97. The Kier molecular flexibility index (Phi) is 4.02. The van der Waals surface area contributed by atoms with E-state index in [1.54, 1.807) is 0 Å². The number of ether oxygens (including phenoxy) is 1. The van der Waals surface area contributed by atoms with Crippen molar-refractivity contribution in [3.63, 3.8) is 0 Å². The van der Waals surface area contributed by atoms with Gasteiger partial charge in [0.15, 0.2) is 0 Å². The lowest BCUT2D eigenvalue weighted by atomic mass is 10.2. The number of halogens is 3. The molecule has 0 aliphatic carbocycles. The van der Waals surface area contributed by atoms with Crippen molar-refractivity contribution in [3.8, 4) is 5.75 Å². The van der Waals surface area contributed by atoms with E-state index in [1.807, 2.05) is 24.3 Å². The van der Waals surface area contributed by atoms with Gasteiger partial charge in [-0.3, -0.25) is 0 Å². The molecule has 2 aromatic rings. The van der Waals surface area contributed by atoms with Gasteiger partial charge in [-0.25, -0.2) is 4.39 Å². The summed E-state index contributed by atoms with van der Waals surface area (Å²) in [6.45, 7) is 0.243. The second-order valence-corrected chi connectivity index (χ2v) is 4.80. The SMILES string of the molecule is Fc1ccc(Cl)c(COc2cccc(Br)c2)c1. The summed E-state index contributed by atoms with van der Waals surface area (Å²) in [5.74, 6) is 0.391. The van der Waals surface area contributed by atoms with E-state index in [1.165, 1.54) is 18.2 Å². The Morgan fingerprint density at radius 3 is 2.76 bits per heavy atom. The van der Waals surface area contributed by atoms with Crippen LogP contribution in [0.3, 0.4) is 0 Å². The molecule has 0 aliphatic rings. The highest BCUT2D eigenvalue weighted by Gasteiger charge is 2.03. The van der Waals surface area contributed by atoms with Crippen molar-refractivity contribution in [1.29, 1.82) is 0 Å². The molecule has 0 amide bonds. The summed E-state index contributed by atoms with van der Waals surface area (Å²) in [6, 6.07) is 11.7. The fourth-order valence-electron chi connectivity index (χ4n) is 1.37. The standard InChI is InChI=1S/C13H9BrClFO/c14-10-2-1-3-12(7-10)17-8-9-6-11(16)4-5-13(9)15/h1-7H,8H2. The van der Waals surface area contributed by atoms with Gasteiger partial charge in [-0.05, 0) is 36.4 Å². The van der Waals surface area contributed by atoms with Crippen LogP contribution >= 0.6 is 27.5 Å². The monoisotopic (exact) mass is 314 g/mol. The third-order valence-corrected chi connectivity index (χ3v) is 3.06.